The molecule has 1 heterocycles. The largest absolute Gasteiger partial charge is 0.461 e. The van der Waals surface area contributed by atoms with E-state index in [4.69, 9.17) is 9.57 Å². The highest BCUT2D eigenvalue weighted by atomic mass is 16.7. The van der Waals surface area contributed by atoms with E-state index < -0.39 is 24.0 Å². The van der Waals surface area contributed by atoms with Gasteiger partial charge in [0.2, 0.25) is 5.91 Å². The Morgan fingerprint density at radius 2 is 1.40 bits per heavy atom. The van der Waals surface area contributed by atoms with Gasteiger partial charge >= 0.3 is 5.97 Å². The summed E-state index contributed by atoms with van der Waals surface area (Å²) in [6.07, 6.45) is 3.82. The average molecular weight is 582 g/mol. The molecule has 2 unspecified atom stereocenters. The summed E-state index contributed by atoms with van der Waals surface area (Å²) >= 11 is 0. The van der Waals surface area contributed by atoms with Gasteiger partial charge in [0.05, 0.1) is 13.5 Å². The second kappa shape index (κ2) is 15.0. The summed E-state index contributed by atoms with van der Waals surface area (Å²) in [6.45, 7) is 4.05. The highest BCUT2D eigenvalue weighted by Crippen LogP contribution is 2.27. The molecule has 0 aliphatic rings. The molecule has 8 nitrogen and oxygen atoms in total. The van der Waals surface area contributed by atoms with Crippen LogP contribution in [-0.2, 0) is 30.6 Å². The van der Waals surface area contributed by atoms with E-state index in [0.29, 0.717) is 6.42 Å². The number of hydrogen-bond donors (Lipinski definition) is 1. The average Bonchev–Trinajstić information content (AvgIpc) is 3.52. The number of ether oxygens (including phenoxy) is 1. The second-order valence-corrected chi connectivity index (χ2v) is 10.9. The van der Waals surface area contributed by atoms with E-state index in [1.165, 1.54) is 14.2 Å². The van der Waals surface area contributed by atoms with E-state index in [1.54, 1.807) is 10.8 Å². The smallest absolute Gasteiger partial charge is 0.308 e. The van der Waals surface area contributed by atoms with Gasteiger partial charge in [0.1, 0.15) is 18.7 Å². The van der Waals surface area contributed by atoms with Crippen molar-refractivity contribution in [3.8, 4) is 22.3 Å². The Hall–Kier alpha value is -4.69. The van der Waals surface area contributed by atoms with Crippen LogP contribution in [0.4, 0.5) is 0 Å². The number of hydrogen-bond acceptors (Lipinski definition) is 5. The fraction of sp³-hybridized carbons (Fsp3) is 0.286. The van der Waals surface area contributed by atoms with Gasteiger partial charge in [-0.05, 0) is 46.2 Å². The predicted octanol–water partition coefficient (Wildman–Crippen LogP) is 6.05. The third-order valence-corrected chi connectivity index (χ3v) is 7.21. The molecule has 224 valence electrons. The molecule has 0 bridgehead atoms. The topological polar surface area (TPSA) is 89.9 Å². The number of carbonyl (C=O) groups is 3. The summed E-state index contributed by atoms with van der Waals surface area (Å²) in [5, 5.41) is 3.98. The molecule has 0 aliphatic carbocycles. The molecule has 0 spiro atoms. The zero-order valence-corrected chi connectivity index (χ0v) is 25.1. The van der Waals surface area contributed by atoms with Gasteiger partial charge in [-0.2, -0.15) is 0 Å². The van der Waals surface area contributed by atoms with Crippen LogP contribution in [0.5, 0.6) is 0 Å². The number of carbonyl (C=O) groups excluding carboxylic acids is 3. The van der Waals surface area contributed by atoms with E-state index in [-0.39, 0.29) is 24.9 Å². The van der Waals surface area contributed by atoms with E-state index in [2.05, 4.69) is 29.6 Å². The Morgan fingerprint density at radius 1 is 0.814 bits per heavy atom. The van der Waals surface area contributed by atoms with Crippen LogP contribution in [-0.4, -0.2) is 47.6 Å². The van der Waals surface area contributed by atoms with Crippen molar-refractivity contribution in [2.75, 3.05) is 14.2 Å². The van der Waals surface area contributed by atoms with Gasteiger partial charge < -0.3 is 14.6 Å². The molecule has 4 aromatic rings. The number of rotatable bonds is 13. The number of amides is 2. The Balaban J connectivity index is 1.56. The van der Waals surface area contributed by atoms with Crippen molar-refractivity contribution < 1.29 is 24.0 Å². The third kappa shape index (κ3) is 8.66. The first-order chi connectivity index (χ1) is 20.7. The lowest BCUT2D eigenvalue weighted by atomic mass is 10.0. The molecule has 2 amide bonds. The van der Waals surface area contributed by atoms with E-state index in [1.807, 2.05) is 86.8 Å². The lowest BCUT2D eigenvalue weighted by Crippen LogP contribution is -2.49. The van der Waals surface area contributed by atoms with Crippen molar-refractivity contribution in [3.63, 3.8) is 0 Å². The SMILES string of the molecule is CON(C)C(=O)C(CC(C)C)NC(=O)C(CC(=O)OCc1ccccc1)n1ccc(-c2ccc(-c3ccccc3)cc2)c1. The molecular formula is C35H39N3O5. The molecule has 0 saturated heterocycles. The van der Waals surface area contributed by atoms with Crippen LogP contribution in [0.25, 0.3) is 22.3 Å². The Labute approximate surface area is 253 Å². The first-order valence-electron chi connectivity index (χ1n) is 14.4. The Morgan fingerprint density at radius 3 is 2.00 bits per heavy atom. The number of benzene rings is 3. The number of esters is 1. The molecule has 0 radical (unpaired) electrons. The van der Waals surface area contributed by atoms with Gasteiger partial charge in [-0.1, -0.05) is 98.8 Å². The van der Waals surface area contributed by atoms with Crippen LogP contribution in [0.15, 0.2) is 103 Å². The molecule has 2 atom stereocenters. The van der Waals surface area contributed by atoms with Crippen molar-refractivity contribution >= 4 is 17.8 Å². The molecule has 0 saturated carbocycles. The van der Waals surface area contributed by atoms with Crippen molar-refractivity contribution in [3.05, 3.63) is 109 Å². The van der Waals surface area contributed by atoms with Crippen LogP contribution < -0.4 is 5.32 Å². The summed E-state index contributed by atoms with van der Waals surface area (Å²) in [5.41, 5.74) is 4.94. The van der Waals surface area contributed by atoms with Crippen molar-refractivity contribution in [1.82, 2.24) is 14.9 Å². The third-order valence-electron chi connectivity index (χ3n) is 7.21. The maximum atomic E-state index is 13.8. The van der Waals surface area contributed by atoms with Crippen LogP contribution in [0.3, 0.4) is 0 Å². The normalized spacial score (nSPS) is 12.4. The van der Waals surface area contributed by atoms with Gasteiger partial charge in [-0.3, -0.25) is 19.2 Å². The zero-order chi connectivity index (χ0) is 30.8. The van der Waals surface area contributed by atoms with Crippen LogP contribution in [0, 0.1) is 5.92 Å². The fourth-order valence-corrected chi connectivity index (χ4v) is 4.82. The Kier molecular flexibility index (Phi) is 10.9. The van der Waals surface area contributed by atoms with Gasteiger partial charge in [-0.25, -0.2) is 5.06 Å². The predicted molar refractivity (Wildman–Crippen MR) is 166 cm³/mol. The molecular weight excluding hydrogens is 542 g/mol. The molecule has 1 N–H and O–H groups in total. The maximum Gasteiger partial charge on any atom is 0.308 e. The molecule has 0 fully saturated rings. The van der Waals surface area contributed by atoms with Crippen molar-refractivity contribution in [2.24, 2.45) is 5.92 Å². The van der Waals surface area contributed by atoms with Crippen LogP contribution in [0.1, 0.15) is 38.3 Å². The van der Waals surface area contributed by atoms with Gasteiger partial charge in [-0.15, -0.1) is 0 Å². The molecule has 4 rings (SSSR count). The molecule has 1 aromatic heterocycles. The van der Waals surface area contributed by atoms with E-state index >= 15 is 0 Å². The summed E-state index contributed by atoms with van der Waals surface area (Å²) in [6, 6.07) is 27.8. The summed E-state index contributed by atoms with van der Waals surface area (Å²) in [7, 11) is 2.90. The zero-order valence-electron chi connectivity index (χ0n) is 25.1. The highest BCUT2D eigenvalue weighted by molar-refractivity contribution is 5.90. The van der Waals surface area contributed by atoms with Gasteiger partial charge in [0.15, 0.2) is 0 Å². The van der Waals surface area contributed by atoms with E-state index in [0.717, 1.165) is 32.9 Å². The summed E-state index contributed by atoms with van der Waals surface area (Å²) in [4.78, 5) is 44.8. The number of hydroxylamine groups is 2. The maximum absolute atomic E-state index is 13.8. The molecule has 0 aliphatic heterocycles. The van der Waals surface area contributed by atoms with Crippen LogP contribution >= 0.6 is 0 Å². The van der Waals surface area contributed by atoms with Gasteiger partial charge in [0.25, 0.3) is 5.91 Å². The number of nitrogens with one attached hydrogen (secondary N) is 1. The Bertz CT molecular complexity index is 1480. The first kappa shape index (κ1) is 31.3. The highest BCUT2D eigenvalue weighted by Gasteiger charge is 2.31. The number of likely N-dealkylation sites (N-methyl/N-ethyl adjacent to an activating group) is 1. The molecule has 43 heavy (non-hydrogen) atoms. The van der Waals surface area contributed by atoms with Gasteiger partial charge in [0, 0.05) is 19.4 Å². The summed E-state index contributed by atoms with van der Waals surface area (Å²) in [5.74, 6) is -1.22. The van der Waals surface area contributed by atoms with Crippen molar-refractivity contribution in [1.29, 1.82) is 0 Å². The monoisotopic (exact) mass is 581 g/mol. The number of aromatic nitrogens is 1. The minimum absolute atomic E-state index is 0.103. The van der Waals surface area contributed by atoms with Crippen LogP contribution in [0.2, 0.25) is 0 Å². The lowest BCUT2D eigenvalue weighted by molar-refractivity contribution is -0.172. The van der Waals surface area contributed by atoms with E-state index in [9.17, 15) is 14.4 Å². The summed E-state index contributed by atoms with van der Waals surface area (Å²) < 4.78 is 7.23. The standard InChI is InChI=1S/C35H39N3O5/c1-25(2)21-31(35(41)37(3)42-4)36-34(40)32(22-33(39)43-24-26-11-7-5-8-12-26)38-20-19-30(23-38)29-17-15-28(16-18-29)27-13-9-6-10-14-27/h5-20,23,25,31-32H,21-22,24H2,1-4H3,(H,36,40). The first-order valence-corrected chi connectivity index (χ1v) is 14.4. The molecule has 8 heteroatoms. The minimum Gasteiger partial charge on any atom is -0.461 e. The minimum atomic E-state index is -0.934. The van der Waals surface area contributed by atoms with Crippen molar-refractivity contribution in [2.45, 2.75) is 45.4 Å². The quantitative estimate of drug-likeness (QED) is 0.153. The lowest BCUT2D eigenvalue weighted by Gasteiger charge is -2.26. The second-order valence-electron chi connectivity index (χ2n) is 10.9. The number of nitrogens with zero attached hydrogens (tertiary/aromatic N) is 2. The fourth-order valence-electron chi connectivity index (χ4n) is 4.82. The molecule has 3 aromatic carbocycles.